The summed E-state index contributed by atoms with van der Waals surface area (Å²) in [6, 6.07) is 9.61. The first kappa shape index (κ1) is 16.4. The number of H-pyrrole nitrogens is 1. The van der Waals surface area contributed by atoms with Crippen LogP contribution < -0.4 is 10.9 Å². The largest absolute Gasteiger partial charge is 0.467 e. The Morgan fingerprint density at radius 1 is 1.24 bits per heavy atom. The van der Waals surface area contributed by atoms with Crippen molar-refractivity contribution in [2.75, 3.05) is 6.61 Å². The van der Waals surface area contributed by atoms with E-state index in [4.69, 9.17) is 9.15 Å². The van der Waals surface area contributed by atoms with Crippen LogP contribution >= 0.6 is 0 Å². The van der Waals surface area contributed by atoms with Crippen molar-refractivity contribution < 1.29 is 18.7 Å². The van der Waals surface area contributed by atoms with Gasteiger partial charge in [0.15, 0.2) is 12.3 Å². The lowest BCUT2D eigenvalue weighted by atomic mass is 10.1. The summed E-state index contributed by atoms with van der Waals surface area (Å²) in [5.74, 6) is -0.688. The number of esters is 1. The summed E-state index contributed by atoms with van der Waals surface area (Å²) in [7, 11) is 0. The molecule has 0 aliphatic rings. The molecule has 128 valence electrons. The molecule has 25 heavy (non-hydrogen) atoms. The van der Waals surface area contributed by atoms with E-state index in [1.807, 2.05) is 0 Å². The quantitative estimate of drug-likeness (QED) is 0.681. The number of carbonyl (C=O) groups excluding carboxylic acids is 2. The summed E-state index contributed by atoms with van der Waals surface area (Å²) in [5.41, 5.74) is -0.459. The van der Waals surface area contributed by atoms with Crippen LogP contribution in [0.4, 0.5) is 0 Å². The van der Waals surface area contributed by atoms with Gasteiger partial charge >= 0.3 is 5.97 Å². The first-order valence-corrected chi connectivity index (χ1v) is 7.53. The molecule has 0 unspecified atom stereocenters. The molecule has 2 aromatic heterocycles. The average Bonchev–Trinajstić information content (AvgIpc) is 3.15. The number of furan rings is 1. The average molecular weight is 341 g/mol. The molecule has 0 aliphatic heterocycles. The van der Waals surface area contributed by atoms with Gasteiger partial charge in [-0.25, -0.2) is 9.89 Å². The first-order valence-electron chi connectivity index (χ1n) is 7.53. The predicted octanol–water partition coefficient (Wildman–Crippen LogP) is 1.55. The SMILES string of the molecule is C[C@@H](NC(=O)COC(=O)c1n[nH]c(=O)c2ccccc12)c1ccco1. The van der Waals surface area contributed by atoms with E-state index in [1.165, 1.54) is 6.26 Å². The van der Waals surface area contributed by atoms with E-state index in [2.05, 4.69) is 15.5 Å². The van der Waals surface area contributed by atoms with Gasteiger partial charge < -0.3 is 14.5 Å². The number of carbonyl (C=O) groups is 2. The Labute approximate surface area is 141 Å². The summed E-state index contributed by atoms with van der Waals surface area (Å²) >= 11 is 0. The summed E-state index contributed by atoms with van der Waals surface area (Å²) in [5, 5.41) is 9.30. The van der Waals surface area contributed by atoms with Gasteiger partial charge in [-0.15, -0.1) is 0 Å². The number of amides is 1. The standard InChI is InChI=1S/C17H15N3O5/c1-10(13-7-4-8-24-13)18-14(21)9-25-17(23)15-11-5-2-3-6-12(11)16(22)20-19-15/h2-8,10H,9H2,1H3,(H,18,21)(H,20,22)/t10-/m1/s1. The van der Waals surface area contributed by atoms with E-state index in [9.17, 15) is 14.4 Å². The molecule has 3 rings (SSSR count). The summed E-state index contributed by atoms with van der Waals surface area (Å²) in [6.45, 7) is 1.27. The Kier molecular flexibility index (Phi) is 4.60. The molecule has 0 fully saturated rings. The molecule has 2 N–H and O–H groups in total. The molecule has 8 heteroatoms. The number of rotatable bonds is 5. The molecule has 2 heterocycles. The van der Waals surface area contributed by atoms with E-state index >= 15 is 0 Å². The van der Waals surface area contributed by atoms with Crippen LogP contribution in [-0.2, 0) is 9.53 Å². The minimum absolute atomic E-state index is 0.0536. The molecule has 3 aromatic rings. The minimum Gasteiger partial charge on any atom is -0.467 e. The van der Waals surface area contributed by atoms with Crippen LogP contribution in [0.15, 0.2) is 51.9 Å². The summed E-state index contributed by atoms with van der Waals surface area (Å²) < 4.78 is 10.2. The van der Waals surface area contributed by atoms with Gasteiger partial charge in [-0.05, 0) is 25.1 Å². The van der Waals surface area contributed by atoms with Crippen molar-refractivity contribution in [2.24, 2.45) is 0 Å². The number of fused-ring (bicyclic) bond motifs is 1. The second kappa shape index (κ2) is 7.00. The molecule has 1 atom stereocenters. The fourth-order valence-electron chi connectivity index (χ4n) is 2.36. The first-order chi connectivity index (χ1) is 12.1. The van der Waals surface area contributed by atoms with Crippen molar-refractivity contribution in [3.63, 3.8) is 0 Å². The van der Waals surface area contributed by atoms with Crippen molar-refractivity contribution in [2.45, 2.75) is 13.0 Å². The Hall–Kier alpha value is -3.42. The molecule has 0 spiro atoms. The maximum atomic E-state index is 12.2. The summed E-state index contributed by atoms with van der Waals surface area (Å²) in [4.78, 5) is 35.8. The van der Waals surface area contributed by atoms with Crippen LogP contribution in [0.25, 0.3) is 10.8 Å². The Bertz CT molecular complexity index is 962. The Balaban J connectivity index is 1.66. The molecule has 0 aliphatic carbocycles. The van der Waals surface area contributed by atoms with Gasteiger partial charge in [0.2, 0.25) is 0 Å². The van der Waals surface area contributed by atoms with Crippen molar-refractivity contribution in [3.05, 3.63) is 64.5 Å². The molecule has 1 aromatic carbocycles. The monoisotopic (exact) mass is 341 g/mol. The molecule has 8 nitrogen and oxygen atoms in total. The third-order valence-corrected chi connectivity index (χ3v) is 3.57. The third-order valence-electron chi connectivity index (χ3n) is 3.57. The Morgan fingerprint density at radius 2 is 2.00 bits per heavy atom. The van der Waals surface area contributed by atoms with Crippen molar-refractivity contribution in [1.82, 2.24) is 15.5 Å². The predicted molar refractivity (Wildman–Crippen MR) is 87.9 cm³/mol. The molecule has 0 bridgehead atoms. The van der Waals surface area contributed by atoms with E-state index < -0.39 is 24.0 Å². The van der Waals surface area contributed by atoms with Crippen LogP contribution in [-0.4, -0.2) is 28.7 Å². The minimum atomic E-state index is -0.798. The maximum absolute atomic E-state index is 12.2. The van der Waals surface area contributed by atoms with Gasteiger partial charge in [0, 0.05) is 5.39 Å². The van der Waals surface area contributed by atoms with Gasteiger partial charge in [0.1, 0.15) is 5.76 Å². The lowest BCUT2D eigenvalue weighted by molar-refractivity contribution is -0.125. The second-order valence-corrected chi connectivity index (χ2v) is 5.33. The fourth-order valence-corrected chi connectivity index (χ4v) is 2.36. The smallest absolute Gasteiger partial charge is 0.359 e. The molecule has 0 saturated heterocycles. The summed E-state index contributed by atoms with van der Waals surface area (Å²) in [6.07, 6.45) is 1.50. The number of nitrogens with zero attached hydrogens (tertiary/aromatic N) is 1. The van der Waals surface area contributed by atoms with Gasteiger partial charge in [-0.1, -0.05) is 18.2 Å². The molecule has 1 amide bonds. The highest BCUT2D eigenvalue weighted by atomic mass is 16.5. The van der Waals surface area contributed by atoms with E-state index in [-0.39, 0.29) is 11.7 Å². The molecule has 0 saturated carbocycles. The number of ether oxygens (including phenoxy) is 1. The number of hydrogen-bond acceptors (Lipinski definition) is 6. The zero-order valence-electron chi connectivity index (χ0n) is 13.3. The van der Waals surface area contributed by atoms with Crippen LogP contribution in [0.2, 0.25) is 0 Å². The molecule has 0 radical (unpaired) electrons. The van der Waals surface area contributed by atoms with Crippen LogP contribution in [0, 0.1) is 0 Å². The van der Waals surface area contributed by atoms with E-state index in [1.54, 1.807) is 43.3 Å². The number of nitrogens with one attached hydrogen (secondary N) is 2. The lowest BCUT2D eigenvalue weighted by Crippen LogP contribution is -2.31. The highest BCUT2D eigenvalue weighted by Gasteiger charge is 2.18. The van der Waals surface area contributed by atoms with Crippen LogP contribution in [0.5, 0.6) is 0 Å². The highest BCUT2D eigenvalue weighted by molar-refractivity contribution is 6.02. The number of aromatic nitrogens is 2. The normalized spacial score (nSPS) is 11.9. The molecular formula is C17H15N3O5. The number of benzene rings is 1. The van der Waals surface area contributed by atoms with Crippen LogP contribution in [0.3, 0.4) is 0 Å². The van der Waals surface area contributed by atoms with Gasteiger partial charge in [0.05, 0.1) is 17.7 Å². The Morgan fingerprint density at radius 3 is 2.72 bits per heavy atom. The van der Waals surface area contributed by atoms with E-state index in [0.717, 1.165) is 0 Å². The number of aromatic amines is 1. The molecular weight excluding hydrogens is 326 g/mol. The van der Waals surface area contributed by atoms with Gasteiger partial charge in [-0.2, -0.15) is 5.10 Å². The van der Waals surface area contributed by atoms with Crippen LogP contribution in [0.1, 0.15) is 29.2 Å². The van der Waals surface area contributed by atoms with E-state index in [0.29, 0.717) is 16.5 Å². The zero-order valence-corrected chi connectivity index (χ0v) is 13.3. The third kappa shape index (κ3) is 3.57. The maximum Gasteiger partial charge on any atom is 0.359 e. The van der Waals surface area contributed by atoms with Crippen molar-refractivity contribution in [1.29, 1.82) is 0 Å². The van der Waals surface area contributed by atoms with Gasteiger partial charge in [-0.3, -0.25) is 9.59 Å². The topological polar surface area (TPSA) is 114 Å². The lowest BCUT2D eigenvalue weighted by Gasteiger charge is -2.11. The second-order valence-electron chi connectivity index (χ2n) is 5.33. The number of hydrogen-bond donors (Lipinski definition) is 2. The van der Waals surface area contributed by atoms with Crippen molar-refractivity contribution in [3.8, 4) is 0 Å². The van der Waals surface area contributed by atoms with Gasteiger partial charge in [0.25, 0.3) is 11.5 Å². The zero-order chi connectivity index (χ0) is 17.8. The van der Waals surface area contributed by atoms with Crippen molar-refractivity contribution >= 4 is 22.6 Å². The highest BCUT2D eigenvalue weighted by Crippen LogP contribution is 2.14. The fraction of sp³-hybridized carbons (Fsp3) is 0.176.